The van der Waals surface area contributed by atoms with Gasteiger partial charge in [-0.25, -0.2) is 0 Å². The summed E-state index contributed by atoms with van der Waals surface area (Å²) in [6.45, 7) is 9.93. The summed E-state index contributed by atoms with van der Waals surface area (Å²) in [5, 5.41) is 19.4. The van der Waals surface area contributed by atoms with E-state index in [9.17, 15) is 24.0 Å². The summed E-state index contributed by atoms with van der Waals surface area (Å²) in [6, 6.07) is -4.09. The van der Waals surface area contributed by atoms with E-state index >= 15 is 0 Å². The lowest BCUT2D eigenvalue weighted by molar-refractivity contribution is -0.141. The van der Waals surface area contributed by atoms with E-state index in [2.05, 4.69) is 26.0 Å². The zero-order valence-corrected chi connectivity index (χ0v) is 21.8. The van der Waals surface area contributed by atoms with E-state index in [0.29, 0.717) is 6.42 Å². The molecule has 0 saturated heterocycles. The summed E-state index contributed by atoms with van der Waals surface area (Å²) in [5.74, 6) is -3.57. The summed E-state index contributed by atoms with van der Waals surface area (Å²) in [5.41, 5.74) is 5.55. The average molecular weight is 502 g/mol. The molecule has 202 valence electrons. The van der Waals surface area contributed by atoms with Gasteiger partial charge in [-0.2, -0.15) is 0 Å². The lowest BCUT2D eigenvalue weighted by Gasteiger charge is -2.29. The number of amides is 4. The van der Waals surface area contributed by atoms with Crippen molar-refractivity contribution < 1.29 is 33.8 Å². The molecule has 0 bridgehead atoms. The summed E-state index contributed by atoms with van der Waals surface area (Å²) >= 11 is 0. The molecule has 0 radical (unpaired) electrons. The number of nitrogens with two attached hydrogens (primary N) is 1. The van der Waals surface area contributed by atoms with Gasteiger partial charge in [-0.05, 0) is 24.2 Å². The largest absolute Gasteiger partial charge is 0.468 e. The van der Waals surface area contributed by atoms with Gasteiger partial charge in [-0.1, -0.05) is 48.0 Å². The number of hydrogen-bond acceptors (Lipinski definition) is 8. The number of esters is 1. The van der Waals surface area contributed by atoms with E-state index in [-0.39, 0.29) is 30.7 Å². The molecule has 0 spiro atoms. The third-order valence-corrected chi connectivity index (χ3v) is 5.55. The van der Waals surface area contributed by atoms with Crippen molar-refractivity contribution in [2.45, 2.75) is 78.6 Å². The molecule has 0 aromatic rings. The predicted octanol–water partition coefficient (Wildman–Crippen LogP) is -1.20. The molecule has 4 amide bonds. The van der Waals surface area contributed by atoms with Crippen LogP contribution in [0.15, 0.2) is 0 Å². The quantitative estimate of drug-likeness (QED) is 0.151. The van der Waals surface area contributed by atoms with E-state index in [1.54, 1.807) is 20.8 Å². The Balaban J connectivity index is 5.58. The second-order valence-electron chi connectivity index (χ2n) is 9.38. The molecule has 35 heavy (non-hydrogen) atoms. The minimum absolute atomic E-state index is 0.0380. The van der Waals surface area contributed by atoms with Gasteiger partial charge in [-0.3, -0.25) is 24.0 Å². The van der Waals surface area contributed by atoms with Crippen molar-refractivity contribution in [3.05, 3.63) is 0 Å². The molecule has 7 N–H and O–H groups in total. The number of rotatable bonds is 15. The van der Waals surface area contributed by atoms with Gasteiger partial charge in [-0.15, -0.1) is 0 Å². The van der Waals surface area contributed by atoms with Crippen molar-refractivity contribution in [2.75, 3.05) is 20.3 Å². The smallest absolute Gasteiger partial charge is 0.325 e. The van der Waals surface area contributed by atoms with Crippen molar-refractivity contribution in [2.24, 2.45) is 23.5 Å². The highest BCUT2D eigenvalue weighted by atomic mass is 16.5. The molecule has 0 aliphatic heterocycles. The first-order valence-corrected chi connectivity index (χ1v) is 11.9. The maximum absolute atomic E-state index is 13.1. The van der Waals surface area contributed by atoms with Crippen LogP contribution in [0.5, 0.6) is 0 Å². The SMILES string of the molecule is CC[C@H](C)[C@H](NC(=O)[C@@H](NC(=O)[C@H](CC(C)C)NC(=O)[C@@H](N)CO)C(C)C)C(=O)NCC(=O)OC. The molecule has 0 aliphatic carbocycles. The molecule has 5 atom stereocenters. The first-order valence-electron chi connectivity index (χ1n) is 11.9. The van der Waals surface area contributed by atoms with Crippen LogP contribution in [0, 0.1) is 17.8 Å². The number of aliphatic hydroxyl groups is 1. The van der Waals surface area contributed by atoms with E-state index < -0.39 is 60.4 Å². The van der Waals surface area contributed by atoms with Crippen LogP contribution < -0.4 is 27.0 Å². The highest BCUT2D eigenvalue weighted by Gasteiger charge is 2.33. The second-order valence-corrected chi connectivity index (χ2v) is 9.38. The molecule has 0 fully saturated rings. The highest BCUT2D eigenvalue weighted by molar-refractivity contribution is 5.95. The van der Waals surface area contributed by atoms with Crippen molar-refractivity contribution in [3.63, 3.8) is 0 Å². The minimum Gasteiger partial charge on any atom is -0.468 e. The maximum atomic E-state index is 13.1. The van der Waals surface area contributed by atoms with Gasteiger partial charge >= 0.3 is 5.97 Å². The fraction of sp³-hybridized carbons (Fsp3) is 0.783. The zero-order chi connectivity index (χ0) is 27.3. The monoisotopic (exact) mass is 501 g/mol. The van der Waals surface area contributed by atoms with Crippen LogP contribution >= 0.6 is 0 Å². The average Bonchev–Trinajstić information content (AvgIpc) is 2.81. The Hall–Kier alpha value is -2.73. The van der Waals surface area contributed by atoms with Crippen LogP contribution in [0.4, 0.5) is 0 Å². The molecule has 12 nitrogen and oxygen atoms in total. The number of carbonyl (C=O) groups excluding carboxylic acids is 5. The Morgan fingerprint density at radius 3 is 1.89 bits per heavy atom. The number of ether oxygens (including phenoxy) is 1. The molecule has 0 aromatic heterocycles. The van der Waals surface area contributed by atoms with Crippen LogP contribution in [0.3, 0.4) is 0 Å². The molecule has 0 heterocycles. The topological polar surface area (TPSA) is 189 Å². The van der Waals surface area contributed by atoms with Gasteiger partial charge in [0.25, 0.3) is 0 Å². The molecular weight excluding hydrogens is 458 g/mol. The van der Waals surface area contributed by atoms with Gasteiger partial charge in [0, 0.05) is 0 Å². The zero-order valence-electron chi connectivity index (χ0n) is 21.8. The third kappa shape index (κ3) is 11.5. The fourth-order valence-corrected chi connectivity index (χ4v) is 3.14. The van der Waals surface area contributed by atoms with Gasteiger partial charge in [0.05, 0.1) is 13.7 Å². The van der Waals surface area contributed by atoms with Gasteiger partial charge in [0.15, 0.2) is 0 Å². The van der Waals surface area contributed by atoms with Crippen LogP contribution in [0.25, 0.3) is 0 Å². The highest BCUT2D eigenvalue weighted by Crippen LogP contribution is 2.12. The Labute approximate surface area is 207 Å². The van der Waals surface area contributed by atoms with Crippen LogP contribution in [-0.2, 0) is 28.7 Å². The molecule has 0 unspecified atom stereocenters. The molecule has 0 rings (SSSR count). The van der Waals surface area contributed by atoms with Gasteiger partial charge < -0.3 is 36.8 Å². The number of aliphatic hydroxyl groups excluding tert-OH is 1. The van der Waals surface area contributed by atoms with E-state index in [4.69, 9.17) is 10.8 Å². The maximum Gasteiger partial charge on any atom is 0.325 e. The van der Waals surface area contributed by atoms with Crippen molar-refractivity contribution in [1.82, 2.24) is 21.3 Å². The molecule has 0 aromatic carbocycles. The third-order valence-electron chi connectivity index (χ3n) is 5.55. The number of carbonyl (C=O) groups is 5. The van der Waals surface area contributed by atoms with Crippen LogP contribution in [0.1, 0.15) is 54.4 Å². The lowest BCUT2D eigenvalue weighted by Crippen LogP contribution is -2.60. The second kappa shape index (κ2) is 16.0. The standard InChI is InChI=1S/C23H43N5O7/c1-8-14(6)19(22(33)25-10-17(30)35-7)28-23(34)18(13(4)5)27-21(32)16(9-12(2)3)26-20(31)15(24)11-29/h12-16,18-19,29H,8-11,24H2,1-7H3,(H,25,33)(H,26,31)(H,27,32)(H,28,34)/t14-,15-,16-,18-,19-/m0/s1. The molecule has 12 heteroatoms. The van der Waals surface area contributed by atoms with Gasteiger partial charge in [0.1, 0.15) is 30.7 Å². The summed E-state index contributed by atoms with van der Waals surface area (Å²) in [7, 11) is 1.20. The number of nitrogens with one attached hydrogen (secondary N) is 4. The van der Waals surface area contributed by atoms with Crippen molar-refractivity contribution in [1.29, 1.82) is 0 Å². The van der Waals surface area contributed by atoms with Crippen LogP contribution in [0.2, 0.25) is 0 Å². The van der Waals surface area contributed by atoms with Crippen LogP contribution in [-0.4, -0.2) is 79.1 Å². The fourth-order valence-electron chi connectivity index (χ4n) is 3.14. The Kier molecular flexibility index (Phi) is 14.8. The summed E-state index contributed by atoms with van der Waals surface area (Å²) in [4.78, 5) is 62.3. The Morgan fingerprint density at radius 1 is 0.857 bits per heavy atom. The normalized spacial score (nSPS) is 15.4. The number of methoxy groups -OCH3 is 1. The predicted molar refractivity (Wildman–Crippen MR) is 130 cm³/mol. The van der Waals surface area contributed by atoms with Crippen molar-refractivity contribution in [3.8, 4) is 0 Å². The lowest BCUT2D eigenvalue weighted by atomic mass is 9.96. The Morgan fingerprint density at radius 2 is 1.43 bits per heavy atom. The van der Waals surface area contributed by atoms with Crippen molar-refractivity contribution >= 4 is 29.6 Å². The summed E-state index contributed by atoms with van der Waals surface area (Å²) < 4.78 is 4.52. The van der Waals surface area contributed by atoms with E-state index in [1.165, 1.54) is 7.11 Å². The molecule has 0 aliphatic rings. The Bertz CT molecular complexity index is 729. The molecular formula is C23H43N5O7. The van der Waals surface area contributed by atoms with Gasteiger partial charge in [0.2, 0.25) is 23.6 Å². The van der Waals surface area contributed by atoms with E-state index in [1.807, 2.05) is 20.8 Å². The summed E-state index contributed by atoms with van der Waals surface area (Å²) in [6.07, 6.45) is 0.858. The minimum atomic E-state index is -1.18. The first-order chi connectivity index (χ1) is 16.3. The molecule has 0 saturated carbocycles. The first kappa shape index (κ1) is 32.3. The number of hydrogen-bond donors (Lipinski definition) is 6. The van der Waals surface area contributed by atoms with E-state index in [0.717, 1.165) is 0 Å².